The summed E-state index contributed by atoms with van der Waals surface area (Å²) in [5.74, 6) is -0.689. The van der Waals surface area contributed by atoms with E-state index in [4.69, 9.17) is 14.2 Å². The van der Waals surface area contributed by atoms with Crippen LogP contribution in [-0.2, 0) is 23.8 Å². The molecule has 140 valence electrons. The predicted octanol–water partition coefficient (Wildman–Crippen LogP) is 1.55. The molecule has 0 saturated carbocycles. The third kappa shape index (κ3) is 3.73. The van der Waals surface area contributed by atoms with Gasteiger partial charge in [0.15, 0.2) is 0 Å². The van der Waals surface area contributed by atoms with Crippen LogP contribution in [0.4, 0.5) is 5.69 Å². The van der Waals surface area contributed by atoms with Crippen molar-refractivity contribution in [2.45, 2.75) is 18.8 Å². The van der Waals surface area contributed by atoms with Crippen LogP contribution in [0.25, 0.3) is 0 Å². The average molecular weight is 360 g/mol. The summed E-state index contributed by atoms with van der Waals surface area (Å²) >= 11 is 0. The van der Waals surface area contributed by atoms with E-state index >= 15 is 0 Å². The van der Waals surface area contributed by atoms with Crippen LogP contribution in [0.1, 0.15) is 24.3 Å². The van der Waals surface area contributed by atoms with Gasteiger partial charge in [-0.05, 0) is 43.0 Å². The van der Waals surface area contributed by atoms with Crippen LogP contribution in [0.15, 0.2) is 35.5 Å². The zero-order valence-electron chi connectivity index (χ0n) is 15.1. The second kappa shape index (κ2) is 8.33. The molecule has 1 aromatic rings. The molecule has 1 saturated heterocycles. The van der Waals surface area contributed by atoms with E-state index in [2.05, 4.69) is 17.4 Å². The number of hydrogen-bond acceptors (Lipinski definition) is 7. The largest absolute Gasteiger partial charge is 0.466 e. The summed E-state index contributed by atoms with van der Waals surface area (Å²) in [7, 11) is 2.56. The van der Waals surface area contributed by atoms with Crippen molar-refractivity contribution in [3.05, 3.63) is 41.1 Å². The average Bonchev–Trinajstić information content (AvgIpc) is 2.72. The van der Waals surface area contributed by atoms with Crippen molar-refractivity contribution in [3.63, 3.8) is 0 Å². The van der Waals surface area contributed by atoms with Gasteiger partial charge in [-0.2, -0.15) is 0 Å². The van der Waals surface area contributed by atoms with Crippen LogP contribution in [0, 0.1) is 0 Å². The quantitative estimate of drug-likeness (QED) is 0.816. The fourth-order valence-electron chi connectivity index (χ4n) is 3.41. The van der Waals surface area contributed by atoms with Crippen molar-refractivity contribution in [1.29, 1.82) is 0 Å². The Morgan fingerprint density at radius 2 is 1.88 bits per heavy atom. The van der Waals surface area contributed by atoms with E-state index in [-0.39, 0.29) is 24.6 Å². The summed E-state index contributed by atoms with van der Waals surface area (Å²) < 4.78 is 15.1. The van der Waals surface area contributed by atoms with E-state index in [1.165, 1.54) is 32.6 Å². The van der Waals surface area contributed by atoms with Crippen molar-refractivity contribution >= 4 is 17.6 Å². The van der Waals surface area contributed by atoms with E-state index in [0.717, 1.165) is 18.8 Å². The van der Waals surface area contributed by atoms with Gasteiger partial charge in [0.25, 0.3) is 0 Å². The molecule has 0 spiro atoms. The van der Waals surface area contributed by atoms with Gasteiger partial charge in [-0.1, -0.05) is 12.1 Å². The summed E-state index contributed by atoms with van der Waals surface area (Å²) in [5, 5.41) is 3.42. The van der Waals surface area contributed by atoms with Crippen molar-refractivity contribution in [3.8, 4) is 0 Å². The van der Waals surface area contributed by atoms with Gasteiger partial charge in [0.2, 0.25) is 0 Å². The second-order valence-corrected chi connectivity index (χ2v) is 6.35. The van der Waals surface area contributed by atoms with Crippen LogP contribution >= 0.6 is 0 Å². The molecule has 7 nitrogen and oxygen atoms in total. The molecule has 1 N–H and O–H groups in total. The standard InChI is InChI=1S/C19H24N2O5/c1-24-18(22)16-11-26-12-21(17(16)19(23)25-2)15-7-5-13(6-8-15)14-4-3-9-20-10-14/h5-8,14,20H,3-4,9-12H2,1-2H3. The van der Waals surface area contributed by atoms with Gasteiger partial charge >= 0.3 is 11.9 Å². The van der Waals surface area contributed by atoms with Crippen molar-refractivity contribution in [2.75, 3.05) is 45.5 Å². The first kappa shape index (κ1) is 18.4. The number of benzene rings is 1. The highest BCUT2D eigenvalue weighted by atomic mass is 16.5. The first-order chi connectivity index (χ1) is 12.7. The highest BCUT2D eigenvalue weighted by molar-refractivity contribution is 6.03. The summed E-state index contributed by atoms with van der Waals surface area (Å²) in [6.45, 7) is 2.23. The first-order valence-electron chi connectivity index (χ1n) is 8.71. The van der Waals surface area contributed by atoms with Crippen LogP contribution in [-0.4, -0.2) is 52.6 Å². The minimum Gasteiger partial charge on any atom is -0.466 e. The summed E-state index contributed by atoms with van der Waals surface area (Å²) in [5.41, 5.74) is 2.35. The van der Waals surface area contributed by atoms with Crippen LogP contribution < -0.4 is 10.2 Å². The molecule has 2 aliphatic rings. The molecule has 0 bridgehead atoms. The van der Waals surface area contributed by atoms with E-state index < -0.39 is 11.9 Å². The van der Waals surface area contributed by atoms with Gasteiger partial charge in [0.1, 0.15) is 12.4 Å². The van der Waals surface area contributed by atoms with Gasteiger partial charge < -0.3 is 24.4 Å². The van der Waals surface area contributed by atoms with Gasteiger partial charge in [0, 0.05) is 12.2 Å². The van der Waals surface area contributed by atoms with Crippen molar-refractivity contribution < 1.29 is 23.8 Å². The Balaban J connectivity index is 1.90. The number of rotatable bonds is 4. The third-order valence-corrected chi connectivity index (χ3v) is 4.81. The maximum absolute atomic E-state index is 12.3. The van der Waals surface area contributed by atoms with Gasteiger partial charge in [-0.25, -0.2) is 9.59 Å². The number of ether oxygens (including phenoxy) is 3. The van der Waals surface area contributed by atoms with Crippen LogP contribution in [0.5, 0.6) is 0 Å². The molecule has 0 amide bonds. The Morgan fingerprint density at radius 1 is 1.15 bits per heavy atom. The van der Waals surface area contributed by atoms with Gasteiger partial charge in [-0.15, -0.1) is 0 Å². The molecule has 1 atom stereocenters. The van der Waals surface area contributed by atoms with Crippen molar-refractivity contribution in [2.24, 2.45) is 0 Å². The van der Waals surface area contributed by atoms with Crippen molar-refractivity contribution in [1.82, 2.24) is 5.32 Å². The number of methoxy groups -OCH3 is 2. The molecule has 1 fully saturated rings. The lowest BCUT2D eigenvalue weighted by Gasteiger charge is -2.31. The van der Waals surface area contributed by atoms with Crippen LogP contribution in [0.3, 0.4) is 0 Å². The molecular formula is C19H24N2O5. The zero-order valence-corrected chi connectivity index (χ0v) is 15.1. The number of carbonyl (C=O) groups is 2. The second-order valence-electron chi connectivity index (χ2n) is 6.35. The maximum atomic E-state index is 12.3. The third-order valence-electron chi connectivity index (χ3n) is 4.81. The monoisotopic (exact) mass is 360 g/mol. The minimum atomic E-state index is -0.597. The lowest BCUT2D eigenvalue weighted by Crippen LogP contribution is -2.38. The lowest BCUT2D eigenvalue weighted by atomic mass is 9.91. The molecule has 2 aliphatic heterocycles. The van der Waals surface area contributed by atoms with Gasteiger partial charge in [-0.3, -0.25) is 0 Å². The number of anilines is 1. The minimum absolute atomic E-state index is 0.0133. The molecule has 26 heavy (non-hydrogen) atoms. The SMILES string of the molecule is COC(=O)C1=C(C(=O)OC)N(c2ccc(C3CCCNC3)cc2)COC1. The molecule has 1 unspecified atom stereocenters. The normalized spacial score (nSPS) is 20.7. The molecule has 1 aromatic carbocycles. The Hall–Kier alpha value is -2.38. The Kier molecular flexibility index (Phi) is 5.90. The Bertz CT molecular complexity index is 692. The molecule has 2 heterocycles. The maximum Gasteiger partial charge on any atom is 0.355 e. The highest BCUT2D eigenvalue weighted by Gasteiger charge is 2.32. The Labute approximate surface area is 152 Å². The Morgan fingerprint density at radius 3 is 2.50 bits per heavy atom. The number of hydrogen-bond donors (Lipinski definition) is 1. The molecule has 0 aromatic heterocycles. The molecular weight excluding hydrogens is 336 g/mol. The molecule has 0 radical (unpaired) electrons. The highest BCUT2D eigenvalue weighted by Crippen LogP contribution is 2.29. The first-order valence-corrected chi connectivity index (χ1v) is 8.71. The summed E-state index contributed by atoms with van der Waals surface area (Å²) in [4.78, 5) is 26.0. The zero-order chi connectivity index (χ0) is 18.5. The summed E-state index contributed by atoms with van der Waals surface area (Å²) in [6.07, 6.45) is 2.34. The van der Waals surface area contributed by atoms with E-state index in [1.807, 2.05) is 12.1 Å². The summed E-state index contributed by atoms with van der Waals surface area (Å²) in [6, 6.07) is 8.01. The number of carbonyl (C=O) groups excluding carboxylic acids is 2. The van der Waals surface area contributed by atoms with E-state index in [0.29, 0.717) is 5.92 Å². The number of piperidine rings is 1. The molecule has 0 aliphatic carbocycles. The molecule has 7 heteroatoms. The fraction of sp³-hybridized carbons (Fsp3) is 0.474. The lowest BCUT2D eigenvalue weighted by molar-refractivity contribution is -0.140. The smallest absolute Gasteiger partial charge is 0.355 e. The molecule has 3 rings (SSSR count). The van der Waals surface area contributed by atoms with Crippen LogP contribution in [0.2, 0.25) is 0 Å². The predicted molar refractivity (Wildman–Crippen MR) is 95.6 cm³/mol. The number of esters is 2. The number of nitrogens with zero attached hydrogens (tertiary/aromatic N) is 1. The topological polar surface area (TPSA) is 77.1 Å². The van der Waals surface area contributed by atoms with E-state index in [9.17, 15) is 9.59 Å². The van der Waals surface area contributed by atoms with Gasteiger partial charge in [0.05, 0.1) is 26.4 Å². The van der Waals surface area contributed by atoms with E-state index in [1.54, 1.807) is 4.90 Å². The fourth-order valence-corrected chi connectivity index (χ4v) is 3.41. The number of nitrogens with one attached hydrogen (secondary N) is 1.